The first-order valence-corrected chi connectivity index (χ1v) is 8.39. The zero-order valence-electron chi connectivity index (χ0n) is 15.0. The maximum atomic E-state index is 11.9. The topological polar surface area (TPSA) is 60.0 Å². The molecule has 0 spiro atoms. The van der Waals surface area contributed by atoms with E-state index in [-0.39, 0.29) is 5.91 Å². The number of nitrogens with one attached hydrogen (secondary N) is 1. The van der Waals surface area contributed by atoms with Crippen LogP contribution in [-0.2, 0) is 20.8 Å². The number of carbonyl (C=O) groups excluding carboxylic acids is 1. The fraction of sp³-hybridized carbons (Fsp3) is 0.611. The Morgan fingerprint density at radius 1 is 1.21 bits per heavy atom. The molecule has 0 aromatic heterocycles. The molecule has 0 aliphatic heterocycles. The summed E-state index contributed by atoms with van der Waals surface area (Å²) >= 11 is 0. The Morgan fingerprint density at radius 3 is 2.79 bits per heavy atom. The Kier molecular flexibility index (Phi) is 10.8. The third-order valence-electron chi connectivity index (χ3n) is 3.47. The second-order valence-electron chi connectivity index (χ2n) is 5.52. The maximum Gasteiger partial charge on any atom is 0.221 e. The molecule has 0 bridgehead atoms. The van der Waals surface area contributed by atoms with Crippen LogP contribution in [0.2, 0.25) is 0 Å². The molecule has 0 heterocycles. The summed E-state index contributed by atoms with van der Waals surface area (Å²) in [7, 11) is 3.64. The van der Waals surface area contributed by atoms with Gasteiger partial charge >= 0.3 is 0 Å². The van der Waals surface area contributed by atoms with Crippen molar-refractivity contribution < 1.29 is 19.0 Å². The molecule has 0 saturated carbocycles. The highest BCUT2D eigenvalue weighted by Crippen LogP contribution is 2.12. The number of ether oxygens (including phenoxy) is 3. The minimum Gasteiger partial charge on any atom is -0.494 e. The number of rotatable bonds is 13. The molecule has 0 unspecified atom stereocenters. The Balaban J connectivity index is 2.16. The van der Waals surface area contributed by atoms with Crippen molar-refractivity contribution in [2.24, 2.45) is 0 Å². The average molecular weight is 338 g/mol. The lowest BCUT2D eigenvalue weighted by molar-refractivity contribution is -0.121. The van der Waals surface area contributed by atoms with E-state index in [9.17, 15) is 4.79 Å². The molecule has 1 amide bonds. The van der Waals surface area contributed by atoms with Crippen molar-refractivity contribution in [3.63, 3.8) is 0 Å². The molecule has 1 aromatic carbocycles. The number of hydrogen-bond donors (Lipinski definition) is 1. The Labute approximate surface area is 145 Å². The fourth-order valence-electron chi connectivity index (χ4n) is 2.07. The second-order valence-corrected chi connectivity index (χ2v) is 5.52. The van der Waals surface area contributed by atoms with Gasteiger partial charge in [0.2, 0.25) is 5.91 Å². The van der Waals surface area contributed by atoms with Gasteiger partial charge < -0.3 is 24.4 Å². The molecule has 0 aliphatic rings. The molecule has 1 rings (SSSR count). The lowest BCUT2D eigenvalue weighted by atomic mass is 10.2. The van der Waals surface area contributed by atoms with Crippen LogP contribution in [-0.4, -0.2) is 64.5 Å². The van der Waals surface area contributed by atoms with Gasteiger partial charge in [-0.3, -0.25) is 4.79 Å². The Hall–Kier alpha value is -1.63. The molecular formula is C18H30N2O4. The van der Waals surface area contributed by atoms with Crippen molar-refractivity contribution >= 4 is 5.91 Å². The molecule has 24 heavy (non-hydrogen) atoms. The molecule has 0 atom stereocenters. The van der Waals surface area contributed by atoms with E-state index >= 15 is 0 Å². The highest BCUT2D eigenvalue weighted by molar-refractivity contribution is 5.76. The van der Waals surface area contributed by atoms with Gasteiger partial charge in [0.15, 0.2) is 0 Å². The predicted octanol–water partition coefficient (Wildman–Crippen LogP) is 1.69. The van der Waals surface area contributed by atoms with Crippen molar-refractivity contribution in [3.8, 4) is 5.75 Å². The van der Waals surface area contributed by atoms with E-state index in [1.54, 1.807) is 7.11 Å². The van der Waals surface area contributed by atoms with Crippen LogP contribution in [0.1, 0.15) is 18.9 Å². The summed E-state index contributed by atoms with van der Waals surface area (Å²) in [5.41, 5.74) is 1.04. The summed E-state index contributed by atoms with van der Waals surface area (Å²) in [5, 5.41) is 2.94. The largest absolute Gasteiger partial charge is 0.494 e. The molecule has 1 aromatic rings. The van der Waals surface area contributed by atoms with E-state index in [0.717, 1.165) is 17.9 Å². The van der Waals surface area contributed by atoms with Crippen molar-refractivity contribution in [2.75, 3.05) is 53.7 Å². The summed E-state index contributed by atoms with van der Waals surface area (Å²) in [4.78, 5) is 14.0. The predicted molar refractivity (Wildman–Crippen MR) is 94.3 cm³/mol. The average Bonchev–Trinajstić information content (AvgIpc) is 2.58. The third kappa shape index (κ3) is 9.50. The van der Waals surface area contributed by atoms with Crippen LogP contribution in [0.3, 0.4) is 0 Å². The van der Waals surface area contributed by atoms with Crippen LogP contribution in [0.5, 0.6) is 5.75 Å². The molecule has 6 nitrogen and oxygen atoms in total. The number of methoxy groups -OCH3 is 1. The SMILES string of the molecule is CCOc1cccc(CNC(=O)CCN(C)CCOCCOC)c1. The van der Waals surface area contributed by atoms with Gasteiger partial charge in [-0.1, -0.05) is 12.1 Å². The first-order valence-electron chi connectivity index (χ1n) is 8.39. The van der Waals surface area contributed by atoms with E-state index in [1.165, 1.54) is 0 Å². The van der Waals surface area contributed by atoms with Crippen LogP contribution in [0.4, 0.5) is 0 Å². The van der Waals surface area contributed by atoms with Crippen molar-refractivity contribution in [3.05, 3.63) is 29.8 Å². The van der Waals surface area contributed by atoms with Crippen molar-refractivity contribution in [2.45, 2.75) is 19.9 Å². The Morgan fingerprint density at radius 2 is 2.04 bits per heavy atom. The quantitative estimate of drug-likeness (QED) is 0.555. The smallest absolute Gasteiger partial charge is 0.221 e. The molecule has 136 valence electrons. The van der Waals surface area contributed by atoms with Crippen molar-refractivity contribution in [1.29, 1.82) is 0 Å². The summed E-state index contributed by atoms with van der Waals surface area (Å²) in [5.74, 6) is 0.876. The lowest BCUT2D eigenvalue weighted by Gasteiger charge is -2.16. The first kappa shape index (κ1) is 20.4. The van der Waals surface area contributed by atoms with Crippen LogP contribution >= 0.6 is 0 Å². The summed E-state index contributed by atoms with van der Waals surface area (Å²) in [6, 6.07) is 7.78. The summed E-state index contributed by atoms with van der Waals surface area (Å²) in [6.45, 7) is 6.47. The highest BCUT2D eigenvalue weighted by atomic mass is 16.5. The molecule has 0 aliphatic carbocycles. The van der Waals surface area contributed by atoms with Gasteiger partial charge in [-0.05, 0) is 31.7 Å². The van der Waals surface area contributed by atoms with Gasteiger partial charge in [0.05, 0.1) is 26.4 Å². The van der Waals surface area contributed by atoms with Crippen LogP contribution in [0.15, 0.2) is 24.3 Å². The van der Waals surface area contributed by atoms with Gasteiger partial charge in [0, 0.05) is 33.2 Å². The van der Waals surface area contributed by atoms with Crippen LogP contribution in [0.25, 0.3) is 0 Å². The van der Waals surface area contributed by atoms with E-state index < -0.39 is 0 Å². The van der Waals surface area contributed by atoms with E-state index in [1.807, 2.05) is 38.2 Å². The normalized spacial score (nSPS) is 10.8. The number of carbonyl (C=O) groups is 1. The standard InChI is InChI=1S/C18H30N2O4/c1-4-24-17-7-5-6-16(14-17)15-19-18(21)8-9-20(2)10-11-23-13-12-22-3/h5-7,14H,4,8-13,15H2,1-3H3,(H,19,21). The van der Waals surface area contributed by atoms with Crippen molar-refractivity contribution in [1.82, 2.24) is 10.2 Å². The number of amides is 1. The number of likely N-dealkylation sites (N-methyl/N-ethyl adjacent to an activating group) is 1. The van der Waals surface area contributed by atoms with Gasteiger partial charge in [-0.25, -0.2) is 0 Å². The van der Waals surface area contributed by atoms with Gasteiger partial charge in [0.25, 0.3) is 0 Å². The zero-order valence-corrected chi connectivity index (χ0v) is 15.0. The van der Waals surface area contributed by atoms with Gasteiger partial charge in [-0.15, -0.1) is 0 Å². The number of benzene rings is 1. The van der Waals surface area contributed by atoms with Gasteiger partial charge in [-0.2, -0.15) is 0 Å². The summed E-state index contributed by atoms with van der Waals surface area (Å²) < 4.78 is 15.8. The number of hydrogen-bond acceptors (Lipinski definition) is 5. The summed E-state index contributed by atoms with van der Waals surface area (Å²) in [6.07, 6.45) is 0.472. The molecule has 0 fully saturated rings. The molecule has 0 saturated heterocycles. The van der Waals surface area contributed by atoms with E-state index in [4.69, 9.17) is 14.2 Å². The van der Waals surface area contributed by atoms with Crippen LogP contribution in [0, 0.1) is 0 Å². The molecule has 6 heteroatoms. The van der Waals surface area contributed by atoms with Gasteiger partial charge in [0.1, 0.15) is 5.75 Å². The molecule has 0 radical (unpaired) electrons. The third-order valence-corrected chi connectivity index (χ3v) is 3.47. The molecule has 1 N–H and O–H groups in total. The van der Waals surface area contributed by atoms with E-state index in [2.05, 4.69) is 10.2 Å². The minimum absolute atomic E-state index is 0.0453. The fourth-order valence-corrected chi connectivity index (χ4v) is 2.07. The van der Waals surface area contributed by atoms with Crippen LogP contribution < -0.4 is 10.1 Å². The monoisotopic (exact) mass is 338 g/mol. The van der Waals surface area contributed by atoms with E-state index in [0.29, 0.717) is 45.9 Å². The molecular weight excluding hydrogens is 308 g/mol. The Bertz CT molecular complexity index is 468. The second kappa shape index (κ2) is 12.8. The lowest BCUT2D eigenvalue weighted by Crippen LogP contribution is -2.30. The first-order chi connectivity index (χ1) is 11.7. The minimum atomic E-state index is 0.0453. The highest BCUT2D eigenvalue weighted by Gasteiger charge is 2.05. The zero-order chi connectivity index (χ0) is 17.6. The number of nitrogens with zero attached hydrogens (tertiary/aromatic N) is 1. The maximum absolute atomic E-state index is 11.9.